The Morgan fingerprint density at radius 1 is 1.32 bits per heavy atom. The second kappa shape index (κ2) is 4.37. The minimum Gasteiger partial charge on any atom is -0.459 e. The Balaban J connectivity index is 2.49. The quantitative estimate of drug-likeness (QED) is 0.657. The summed E-state index contributed by atoms with van der Waals surface area (Å²) in [4.78, 5) is 24.8. The largest absolute Gasteiger partial charge is 0.459 e. The van der Waals surface area contributed by atoms with Crippen LogP contribution in [0.1, 0.15) is 39.7 Å². The lowest BCUT2D eigenvalue weighted by Crippen LogP contribution is -2.45. The summed E-state index contributed by atoms with van der Waals surface area (Å²) in [6, 6.07) is 7.27. The first-order chi connectivity index (χ1) is 8.81. The van der Waals surface area contributed by atoms with Gasteiger partial charge in [-0.15, -0.1) is 0 Å². The number of carbonyl (C=O) groups excluding carboxylic acids is 2. The van der Waals surface area contributed by atoms with Gasteiger partial charge >= 0.3 is 5.97 Å². The third-order valence-corrected chi connectivity index (χ3v) is 3.30. The van der Waals surface area contributed by atoms with E-state index in [0.29, 0.717) is 17.7 Å². The lowest BCUT2D eigenvalue weighted by atomic mass is 9.79. The minimum absolute atomic E-state index is 0.301. The van der Waals surface area contributed by atoms with Crippen molar-refractivity contribution in [3.8, 4) is 0 Å². The van der Waals surface area contributed by atoms with Gasteiger partial charge in [0.1, 0.15) is 5.60 Å². The molecular formula is C15H19NO3. The van der Waals surface area contributed by atoms with Gasteiger partial charge in [-0.25, -0.2) is 0 Å². The summed E-state index contributed by atoms with van der Waals surface area (Å²) in [7, 11) is 0. The van der Waals surface area contributed by atoms with Crippen LogP contribution in [0.5, 0.6) is 0 Å². The van der Waals surface area contributed by atoms with E-state index < -0.39 is 17.0 Å². The van der Waals surface area contributed by atoms with Crippen LogP contribution in [0.25, 0.3) is 0 Å². The number of esters is 1. The second-order valence-corrected chi connectivity index (χ2v) is 5.76. The maximum atomic E-state index is 12.5. The molecule has 4 heteroatoms. The van der Waals surface area contributed by atoms with Crippen molar-refractivity contribution < 1.29 is 14.3 Å². The van der Waals surface area contributed by atoms with E-state index >= 15 is 0 Å². The molecule has 19 heavy (non-hydrogen) atoms. The summed E-state index contributed by atoms with van der Waals surface area (Å²) in [5, 5.41) is 2.77. The van der Waals surface area contributed by atoms with Crippen molar-refractivity contribution in [2.45, 2.75) is 45.1 Å². The van der Waals surface area contributed by atoms with Crippen LogP contribution in [0.15, 0.2) is 24.3 Å². The summed E-state index contributed by atoms with van der Waals surface area (Å²) in [6.45, 7) is 7.22. The molecule has 0 bridgehead atoms. The van der Waals surface area contributed by atoms with Crippen molar-refractivity contribution in [3.05, 3.63) is 29.8 Å². The third kappa shape index (κ3) is 2.11. The van der Waals surface area contributed by atoms with E-state index in [0.717, 1.165) is 0 Å². The molecule has 1 amide bonds. The first-order valence-electron chi connectivity index (χ1n) is 6.45. The van der Waals surface area contributed by atoms with Crippen LogP contribution in [0, 0.1) is 0 Å². The minimum atomic E-state index is -1.22. The van der Waals surface area contributed by atoms with Gasteiger partial charge in [0, 0.05) is 11.3 Å². The number of hydrogen-bond donors (Lipinski definition) is 1. The van der Waals surface area contributed by atoms with E-state index in [1.807, 2.05) is 19.1 Å². The van der Waals surface area contributed by atoms with Gasteiger partial charge in [-0.3, -0.25) is 9.59 Å². The van der Waals surface area contributed by atoms with Crippen molar-refractivity contribution in [1.29, 1.82) is 0 Å². The van der Waals surface area contributed by atoms with Crippen LogP contribution >= 0.6 is 0 Å². The summed E-state index contributed by atoms with van der Waals surface area (Å²) < 4.78 is 5.44. The lowest BCUT2D eigenvalue weighted by Gasteiger charge is -2.29. The van der Waals surface area contributed by atoms with Crippen molar-refractivity contribution >= 4 is 17.6 Å². The predicted octanol–water partition coefficient (Wildman–Crippen LogP) is 2.63. The Kier molecular flexibility index (Phi) is 3.12. The Hall–Kier alpha value is -1.84. The fourth-order valence-electron chi connectivity index (χ4n) is 2.38. The molecule has 0 radical (unpaired) electrons. The van der Waals surface area contributed by atoms with Gasteiger partial charge in [0.25, 0.3) is 0 Å². The number of rotatable bonds is 2. The van der Waals surface area contributed by atoms with E-state index in [9.17, 15) is 9.59 Å². The maximum Gasteiger partial charge on any atom is 0.326 e. The van der Waals surface area contributed by atoms with E-state index in [1.165, 1.54) is 0 Å². The van der Waals surface area contributed by atoms with Gasteiger partial charge in [-0.05, 0) is 33.3 Å². The van der Waals surface area contributed by atoms with Crippen molar-refractivity contribution in [1.82, 2.24) is 0 Å². The second-order valence-electron chi connectivity index (χ2n) is 5.76. The van der Waals surface area contributed by atoms with E-state index in [4.69, 9.17) is 4.74 Å². The first kappa shape index (κ1) is 13.6. The Bertz CT molecular complexity index is 530. The number of ether oxygens (including phenoxy) is 1. The molecule has 1 heterocycles. The van der Waals surface area contributed by atoms with Crippen LogP contribution in [0.4, 0.5) is 5.69 Å². The average molecular weight is 261 g/mol. The molecule has 0 saturated heterocycles. The molecule has 1 aliphatic heterocycles. The van der Waals surface area contributed by atoms with Gasteiger partial charge in [-0.1, -0.05) is 25.1 Å². The van der Waals surface area contributed by atoms with Gasteiger partial charge in [0.05, 0.1) is 0 Å². The van der Waals surface area contributed by atoms with Crippen LogP contribution < -0.4 is 5.32 Å². The Morgan fingerprint density at radius 2 is 1.95 bits per heavy atom. The average Bonchev–Trinajstić information content (AvgIpc) is 2.59. The molecule has 0 aliphatic carbocycles. The number of hydrogen-bond acceptors (Lipinski definition) is 3. The normalized spacial score (nSPS) is 21.8. The zero-order chi connectivity index (χ0) is 14.3. The van der Waals surface area contributed by atoms with Crippen LogP contribution in [-0.2, 0) is 19.7 Å². The highest BCUT2D eigenvalue weighted by Crippen LogP contribution is 2.41. The molecule has 1 aliphatic rings. The Labute approximate surface area is 113 Å². The number of benzene rings is 1. The highest BCUT2D eigenvalue weighted by molar-refractivity contribution is 6.19. The van der Waals surface area contributed by atoms with Gasteiger partial charge in [0.15, 0.2) is 5.41 Å². The lowest BCUT2D eigenvalue weighted by molar-refractivity contribution is -0.164. The molecule has 0 aromatic heterocycles. The monoisotopic (exact) mass is 261 g/mol. The molecule has 1 aromatic carbocycles. The van der Waals surface area contributed by atoms with Crippen LogP contribution in [0.2, 0.25) is 0 Å². The smallest absolute Gasteiger partial charge is 0.326 e. The summed E-state index contributed by atoms with van der Waals surface area (Å²) in [5.74, 6) is -0.782. The summed E-state index contributed by atoms with van der Waals surface area (Å²) in [6.07, 6.45) is 0.380. The fourth-order valence-corrected chi connectivity index (χ4v) is 2.38. The van der Waals surface area contributed by atoms with Gasteiger partial charge in [0.2, 0.25) is 5.91 Å². The van der Waals surface area contributed by atoms with Crippen LogP contribution in [0.3, 0.4) is 0 Å². The predicted molar refractivity (Wildman–Crippen MR) is 72.9 cm³/mol. The number of nitrogens with one attached hydrogen (secondary N) is 1. The maximum absolute atomic E-state index is 12.5. The Morgan fingerprint density at radius 3 is 2.53 bits per heavy atom. The van der Waals surface area contributed by atoms with Crippen LogP contribution in [-0.4, -0.2) is 17.5 Å². The topological polar surface area (TPSA) is 55.4 Å². The molecule has 102 valence electrons. The van der Waals surface area contributed by atoms with Crippen molar-refractivity contribution in [3.63, 3.8) is 0 Å². The van der Waals surface area contributed by atoms with E-state index in [2.05, 4.69) is 5.32 Å². The summed E-state index contributed by atoms with van der Waals surface area (Å²) >= 11 is 0. The highest BCUT2D eigenvalue weighted by Gasteiger charge is 2.53. The van der Waals surface area contributed by atoms with Gasteiger partial charge < -0.3 is 10.1 Å². The number of amides is 1. The molecular weight excluding hydrogens is 242 g/mol. The number of carbonyl (C=O) groups is 2. The van der Waals surface area contributed by atoms with E-state index in [-0.39, 0.29) is 5.91 Å². The van der Waals surface area contributed by atoms with Gasteiger partial charge in [-0.2, -0.15) is 0 Å². The zero-order valence-electron chi connectivity index (χ0n) is 11.7. The molecule has 0 spiro atoms. The highest BCUT2D eigenvalue weighted by atomic mass is 16.6. The molecule has 1 aromatic rings. The molecule has 1 atom stereocenters. The molecule has 2 rings (SSSR count). The zero-order valence-corrected chi connectivity index (χ0v) is 11.7. The third-order valence-electron chi connectivity index (χ3n) is 3.30. The van der Waals surface area contributed by atoms with E-state index in [1.54, 1.807) is 32.9 Å². The molecule has 1 N–H and O–H groups in total. The molecule has 0 fully saturated rings. The first-order valence-corrected chi connectivity index (χ1v) is 6.45. The number of para-hydroxylation sites is 1. The molecule has 0 saturated carbocycles. The number of anilines is 1. The molecule has 4 nitrogen and oxygen atoms in total. The summed E-state index contributed by atoms with van der Waals surface area (Å²) in [5.41, 5.74) is -0.432. The number of fused-ring (bicyclic) bond motifs is 1. The van der Waals surface area contributed by atoms with Crippen molar-refractivity contribution in [2.75, 3.05) is 5.32 Å². The SMILES string of the molecule is CCC1(C(=O)OC(C)(C)C)C(=O)Nc2ccccc21. The standard InChI is InChI=1S/C15H19NO3/c1-5-15(13(18)19-14(2,3)4)10-8-6-7-9-11(10)16-12(15)17/h6-9H,5H2,1-4H3,(H,16,17). The fraction of sp³-hybridized carbons (Fsp3) is 0.467. The molecule has 1 unspecified atom stereocenters. The van der Waals surface area contributed by atoms with Crippen molar-refractivity contribution in [2.24, 2.45) is 0 Å².